The van der Waals surface area contributed by atoms with Crippen molar-refractivity contribution < 1.29 is 9.84 Å². The number of nitrogen functional groups attached to an aromatic ring is 1. The lowest BCUT2D eigenvalue weighted by atomic mass is 10.00. The van der Waals surface area contributed by atoms with Crippen LogP contribution in [-0.4, -0.2) is 20.8 Å². The minimum atomic E-state index is -0.422. The maximum absolute atomic E-state index is 11.9. The van der Waals surface area contributed by atoms with Gasteiger partial charge in [0.15, 0.2) is 0 Å². The zero-order valence-corrected chi connectivity index (χ0v) is 12.1. The molecule has 0 bridgehead atoms. The Bertz CT molecular complexity index is 515. The summed E-state index contributed by atoms with van der Waals surface area (Å²) in [6.45, 7) is 4.14. The van der Waals surface area contributed by atoms with Gasteiger partial charge >= 0.3 is 5.69 Å². The van der Waals surface area contributed by atoms with Crippen molar-refractivity contribution in [2.24, 2.45) is 5.92 Å². The van der Waals surface area contributed by atoms with Gasteiger partial charge in [-0.1, -0.05) is 20.3 Å². The number of anilines is 1. The fraction of sp³-hybridized carbons (Fsp3) is 0.714. The van der Waals surface area contributed by atoms with Crippen molar-refractivity contribution in [1.29, 1.82) is 0 Å². The normalized spacial score (nSPS) is 23.9. The number of hydrogen-bond donors (Lipinski definition) is 2. The molecule has 2 unspecified atom stereocenters. The van der Waals surface area contributed by atoms with E-state index < -0.39 is 5.69 Å². The van der Waals surface area contributed by atoms with E-state index in [2.05, 4.69) is 18.8 Å². The van der Waals surface area contributed by atoms with Crippen molar-refractivity contribution in [2.45, 2.75) is 58.5 Å². The van der Waals surface area contributed by atoms with E-state index in [4.69, 9.17) is 10.5 Å². The molecule has 1 aliphatic rings. The van der Waals surface area contributed by atoms with Crippen LogP contribution in [0.2, 0.25) is 0 Å². The highest BCUT2D eigenvalue weighted by Gasteiger charge is 2.28. The standard InChI is InChI=1S/C14H23N3O3/c1-3-9(2)6-11-4-5-12(20-11)17-7-10(8-18)13(15)16-14(17)19/h7,9,11-12,18H,3-6,8H2,1-2H3,(H2,15,16,19)/t9?,11?,12-/m1/s1. The lowest BCUT2D eigenvalue weighted by molar-refractivity contribution is -0.0103. The first-order valence-corrected chi connectivity index (χ1v) is 7.19. The van der Waals surface area contributed by atoms with Crippen LogP contribution in [0.3, 0.4) is 0 Å². The molecule has 0 spiro atoms. The van der Waals surface area contributed by atoms with Gasteiger partial charge in [-0.05, 0) is 25.2 Å². The maximum Gasteiger partial charge on any atom is 0.351 e. The third-order valence-corrected chi connectivity index (χ3v) is 3.99. The lowest BCUT2D eigenvalue weighted by Gasteiger charge is -2.18. The zero-order chi connectivity index (χ0) is 14.7. The van der Waals surface area contributed by atoms with E-state index in [1.54, 1.807) is 6.20 Å². The average molecular weight is 281 g/mol. The number of aromatic nitrogens is 2. The van der Waals surface area contributed by atoms with Crippen LogP contribution in [0, 0.1) is 5.92 Å². The lowest BCUT2D eigenvalue weighted by Crippen LogP contribution is -2.29. The van der Waals surface area contributed by atoms with Crippen molar-refractivity contribution in [2.75, 3.05) is 5.73 Å². The Morgan fingerprint density at radius 1 is 1.60 bits per heavy atom. The van der Waals surface area contributed by atoms with Gasteiger partial charge in [-0.25, -0.2) is 4.79 Å². The third-order valence-electron chi connectivity index (χ3n) is 3.99. The molecule has 1 aromatic heterocycles. The van der Waals surface area contributed by atoms with Crippen molar-refractivity contribution >= 4 is 5.82 Å². The van der Waals surface area contributed by atoms with Crippen molar-refractivity contribution in [1.82, 2.24) is 9.55 Å². The highest BCUT2D eigenvalue weighted by molar-refractivity contribution is 5.36. The summed E-state index contributed by atoms with van der Waals surface area (Å²) in [4.78, 5) is 15.6. The van der Waals surface area contributed by atoms with Gasteiger partial charge < -0.3 is 15.6 Å². The van der Waals surface area contributed by atoms with Crippen molar-refractivity contribution in [3.8, 4) is 0 Å². The molecule has 3 N–H and O–H groups in total. The summed E-state index contributed by atoms with van der Waals surface area (Å²) in [6, 6.07) is 0. The first kappa shape index (κ1) is 15.0. The minimum absolute atomic E-state index is 0.0860. The first-order valence-electron chi connectivity index (χ1n) is 7.19. The minimum Gasteiger partial charge on any atom is -0.391 e. The molecule has 2 rings (SSSR count). The van der Waals surface area contributed by atoms with E-state index in [-0.39, 0.29) is 24.8 Å². The van der Waals surface area contributed by atoms with Crippen LogP contribution < -0.4 is 11.4 Å². The van der Waals surface area contributed by atoms with Crippen LogP contribution in [0.1, 0.15) is 51.3 Å². The Morgan fingerprint density at radius 3 is 3.00 bits per heavy atom. The summed E-state index contributed by atoms with van der Waals surface area (Å²) in [5.74, 6) is 0.705. The molecule has 1 aromatic rings. The second-order valence-corrected chi connectivity index (χ2v) is 5.54. The Labute approximate surface area is 118 Å². The Kier molecular flexibility index (Phi) is 4.77. The van der Waals surface area contributed by atoms with E-state index in [9.17, 15) is 9.90 Å². The van der Waals surface area contributed by atoms with E-state index >= 15 is 0 Å². The van der Waals surface area contributed by atoms with E-state index in [1.165, 1.54) is 4.57 Å². The van der Waals surface area contributed by atoms with Gasteiger partial charge in [0, 0.05) is 11.8 Å². The van der Waals surface area contributed by atoms with Gasteiger partial charge in [-0.15, -0.1) is 0 Å². The summed E-state index contributed by atoms with van der Waals surface area (Å²) >= 11 is 0. The molecule has 0 saturated carbocycles. The van der Waals surface area contributed by atoms with Crippen LogP contribution in [0.4, 0.5) is 5.82 Å². The number of nitrogens with two attached hydrogens (primary N) is 1. The molecule has 6 nitrogen and oxygen atoms in total. The molecule has 1 aliphatic heterocycles. The molecule has 0 aliphatic carbocycles. The molecule has 0 amide bonds. The molecule has 0 aromatic carbocycles. The first-order chi connectivity index (χ1) is 9.55. The molecule has 6 heteroatoms. The molecule has 112 valence electrons. The van der Waals surface area contributed by atoms with Gasteiger partial charge in [-0.2, -0.15) is 4.98 Å². The summed E-state index contributed by atoms with van der Waals surface area (Å²) in [5, 5.41) is 9.20. The van der Waals surface area contributed by atoms with Crippen molar-refractivity contribution in [3.63, 3.8) is 0 Å². The molecule has 2 heterocycles. The smallest absolute Gasteiger partial charge is 0.351 e. The largest absolute Gasteiger partial charge is 0.391 e. The van der Waals surface area contributed by atoms with Crippen LogP contribution in [0.15, 0.2) is 11.0 Å². The SMILES string of the molecule is CCC(C)CC1CC[C@H](n2cc(CO)c(N)nc2=O)O1. The fourth-order valence-corrected chi connectivity index (χ4v) is 2.53. The molecule has 20 heavy (non-hydrogen) atoms. The number of rotatable bonds is 5. The third kappa shape index (κ3) is 3.19. The van der Waals surface area contributed by atoms with Gasteiger partial charge in [-0.3, -0.25) is 4.57 Å². The number of hydrogen-bond acceptors (Lipinski definition) is 5. The number of aliphatic hydroxyl groups excluding tert-OH is 1. The molecule has 1 fully saturated rings. The monoisotopic (exact) mass is 281 g/mol. The van der Waals surface area contributed by atoms with Crippen LogP contribution >= 0.6 is 0 Å². The quantitative estimate of drug-likeness (QED) is 0.852. The summed E-state index contributed by atoms with van der Waals surface area (Å²) in [6.07, 6.45) is 5.32. The highest BCUT2D eigenvalue weighted by Crippen LogP contribution is 2.31. The summed E-state index contributed by atoms with van der Waals surface area (Å²) in [5.41, 5.74) is 5.62. The van der Waals surface area contributed by atoms with E-state index in [0.29, 0.717) is 11.5 Å². The van der Waals surface area contributed by atoms with E-state index in [0.717, 1.165) is 25.7 Å². The number of aliphatic hydroxyl groups is 1. The fourth-order valence-electron chi connectivity index (χ4n) is 2.53. The van der Waals surface area contributed by atoms with E-state index in [1.807, 2.05) is 0 Å². The summed E-state index contributed by atoms with van der Waals surface area (Å²) in [7, 11) is 0. The Hall–Kier alpha value is -1.40. The maximum atomic E-state index is 11.9. The molecular weight excluding hydrogens is 258 g/mol. The average Bonchev–Trinajstić information content (AvgIpc) is 2.87. The molecule has 1 saturated heterocycles. The van der Waals surface area contributed by atoms with Gasteiger partial charge in [0.1, 0.15) is 12.0 Å². The Balaban J connectivity index is 2.12. The number of ether oxygens (including phenoxy) is 1. The zero-order valence-electron chi connectivity index (χ0n) is 12.1. The second kappa shape index (κ2) is 6.37. The highest BCUT2D eigenvalue weighted by atomic mass is 16.5. The van der Waals surface area contributed by atoms with Crippen molar-refractivity contribution in [3.05, 3.63) is 22.2 Å². The predicted octanol–water partition coefficient (Wildman–Crippen LogP) is 1.43. The predicted molar refractivity (Wildman–Crippen MR) is 76.0 cm³/mol. The van der Waals surface area contributed by atoms with Crippen LogP contribution in [0.25, 0.3) is 0 Å². The van der Waals surface area contributed by atoms with Gasteiger partial charge in [0.2, 0.25) is 0 Å². The van der Waals surface area contributed by atoms with Crippen LogP contribution in [0.5, 0.6) is 0 Å². The van der Waals surface area contributed by atoms with Gasteiger partial charge in [0.25, 0.3) is 0 Å². The molecule has 3 atom stereocenters. The molecular formula is C14H23N3O3. The summed E-state index contributed by atoms with van der Waals surface area (Å²) < 4.78 is 7.38. The Morgan fingerprint density at radius 2 is 2.35 bits per heavy atom. The number of nitrogens with zero attached hydrogens (tertiary/aromatic N) is 2. The van der Waals surface area contributed by atoms with Crippen LogP contribution in [-0.2, 0) is 11.3 Å². The molecule has 0 radical (unpaired) electrons. The van der Waals surface area contributed by atoms with Gasteiger partial charge in [0.05, 0.1) is 12.7 Å². The topological polar surface area (TPSA) is 90.4 Å². The second-order valence-electron chi connectivity index (χ2n) is 5.54.